The lowest BCUT2D eigenvalue weighted by molar-refractivity contribution is 0.117. The van der Waals surface area contributed by atoms with Crippen molar-refractivity contribution in [2.75, 3.05) is 13.7 Å². The Morgan fingerprint density at radius 3 is 2.27 bits per heavy atom. The molecule has 0 saturated heterocycles. The Labute approximate surface area is 71.1 Å². The van der Waals surface area contributed by atoms with Crippen molar-refractivity contribution in [3.8, 4) is 0 Å². The third kappa shape index (κ3) is 4.41. The molecule has 1 heteroatoms. The van der Waals surface area contributed by atoms with Crippen LogP contribution in [0.4, 0.5) is 0 Å². The number of ether oxygens (including phenoxy) is 1. The Morgan fingerprint density at radius 2 is 1.91 bits per heavy atom. The summed E-state index contributed by atoms with van der Waals surface area (Å²) in [6, 6.07) is 0. The first kappa shape index (κ1) is 11.0. The minimum absolute atomic E-state index is 0.773. The van der Waals surface area contributed by atoms with E-state index in [1.807, 2.05) is 0 Å². The van der Waals surface area contributed by atoms with Crippen molar-refractivity contribution in [1.29, 1.82) is 0 Å². The molecule has 0 fully saturated rings. The van der Waals surface area contributed by atoms with Crippen molar-refractivity contribution in [2.24, 2.45) is 11.8 Å². The van der Waals surface area contributed by atoms with Gasteiger partial charge in [0.2, 0.25) is 0 Å². The topological polar surface area (TPSA) is 9.23 Å². The lowest BCUT2D eigenvalue weighted by Crippen LogP contribution is -2.16. The Bertz CT molecular complexity index is 74.9. The lowest BCUT2D eigenvalue weighted by Gasteiger charge is -2.21. The van der Waals surface area contributed by atoms with E-state index in [1.165, 1.54) is 19.3 Å². The SMILES string of the molecule is CCCC(COC)C(C)CC. The summed E-state index contributed by atoms with van der Waals surface area (Å²) >= 11 is 0. The molecule has 1 nitrogen and oxygen atoms in total. The van der Waals surface area contributed by atoms with Gasteiger partial charge in [-0.25, -0.2) is 0 Å². The fraction of sp³-hybridized carbons (Fsp3) is 1.00. The van der Waals surface area contributed by atoms with Gasteiger partial charge in [-0.3, -0.25) is 0 Å². The smallest absolute Gasteiger partial charge is 0.0493 e. The van der Waals surface area contributed by atoms with E-state index < -0.39 is 0 Å². The molecule has 0 heterocycles. The molecular formula is C10H22O. The van der Waals surface area contributed by atoms with Gasteiger partial charge in [0.1, 0.15) is 0 Å². The number of rotatable bonds is 6. The Hall–Kier alpha value is -0.0400. The third-order valence-corrected chi connectivity index (χ3v) is 2.49. The second-order valence-electron chi connectivity index (χ2n) is 3.39. The van der Waals surface area contributed by atoms with Crippen LogP contribution in [-0.4, -0.2) is 13.7 Å². The zero-order valence-corrected chi connectivity index (χ0v) is 8.39. The molecule has 0 bridgehead atoms. The van der Waals surface area contributed by atoms with E-state index in [2.05, 4.69) is 20.8 Å². The molecule has 11 heavy (non-hydrogen) atoms. The minimum Gasteiger partial charge on any atom is -0.384 e. The van der Waals surface area contributed by atoms with Crippen molar-refractivity contribution in [3.05, 3.63) is 0 Å². The van der Waals surface area contributed by atoms with E-state index >= 15 is 0 Å². The fourth-order valence-electron chi connectivity index (χ4n) is 1.45. The Morgan fingerprint density at radius 1 is 1.27 bits per heavy atom. The van der Waals surface area contributed by atoms with Crippen LogP contribution in [0.5, 0.6) is 0 Å². The quantitative estimate of drug-likeness (QED) is 0.577. The van der Waals surface area contributed by atoms with E-state index in [0.717, 1.165) is 18.4 Å². The summed E-state index contributed by atoms with van der Waals surface area (Å²) in [5.74, 6) is 1.59. The summed E-state index contributed by atoms with van der Waals surface area (Å²) in [6.07, 6.45) is 3.86. The molecule has 0 aliphatic rings. The zero-order valence-electron chi connectivity index (χ0n) is 8.39. The molecule has 0 spiro atoms. The van der Waals surface area contributed by atoms with Gasteiger partial charge in [-0.05, 0) is 18.3 Å². The van der Waals surface area contributed by atoms with Gasteiger partial charge in [0, 0.05) is 13.7 Å². The first-order chi connectivity index (χ1) is 5.26. The van der Waals surface area contributed by atoms with Crippen molar-refractivity contribution in [1.82, 2.24) is 0 Å². The number of methoxy groups -OCH3 is 1. The highest BCUT2D eigenvalue weighted by Crippen LogP contribution is 2.20. The van der Waals surface area contributed by atoms with E-state index in [1.54, 1.807) is 7.11 Å². The summed E-state index contributed by atoms with van der Waals surface area (Å²) in [6.45, 7) is 7.75. The fourth-order valence-corrected chi connectivity index (χ4v) is 1.45. The molecule has 0 amide bonds. The van der Waals surface area contributed by atoms with Gasteiger partial charge < -0.3 is 4.74 Å². The average Bonchev–Trinajstić information content (AvgIpc) is 2.03. The van der Waals surface area contributed by atoms with Crippen LogP contribution in [0.1, 0.15) is 40.0 Å². The maximum Gasteiger partial charge on any atom is 0.0493 e. The van der Waals surface area contributed by atoms with Gasteiger partial charge in [0.05, 0.1) is 0 Å². The Balaban J connectivity index is 3.66. The summed E-state index contributed by atoms with van der Waals surface area (Å²) in [7, 11) is 1.80. The van der Waals surface area contributed by atoms with Crippen LogP contribution < -0.4 is 0 Å². The molecule has 0 aliphatic heterocycles. The van der Waals surface area contributed by atoms with Gasteiger partial charge in [-0.1, -0.05) is 33.6 Å². The predicted octanol–water partition coefficient (Wildman–Crippen LogP) is 3.10. The van der Waals surface area contributed by atoms with Crippen LogP contribution in [0, 0.1) is 11.8 Å². The van der Waals surface area contributed by atoms with Crippen LogP contribution >= 0.6 is 0 Å². The van der Waals surface area contributed by atoms with E-state index in [4.69, 9.17) is 4.74 Å². The second kappa shape index (κ2) is 6.66. The molecular weight excluding hydrogens is 136 g/mol. The predicted molar refractivity (Wildman–Crippen MR) is 49.7 cm³/mol. The zero-order chi connectivity index (χ0) is 8.69. The van der Waals surface area contributed by atoms with Gasteiger partial charge in [-0.2, -0.15) is 0 Å². The molecule has 0 radical (unpaired) electrons. The Kier molecular flexibility index (Phi) is 6.63. The van der Waals surface area contributed by atoms with Gasteiger partial charge in [0.15, 0.2) is 0 Å². The molecule has 0 N–H and O–H groups in total. The summed E-state index contributed by atoms with van der Waals surface area (Å²) in [4.78, 5) is 0. The van der Waals surface area contributed by atoms with Crippen molar-refractivity contribution in [3.63, 3.8) is 0 Å². The van der Waals surface area contributed by atoms with Crippen molar-refractivity contribution >= 4 is 0 Å². The molecule has 0 saturated carbocycles. The highest BCUT2D eigenvalue weighted by Gasteiger charge is 2.13. The first-order valence-electron chi connectivity index (χ1n) is 4.75. The van der Waals surface area contributed by atoms with Crippen molar-refractivity contribution < 1.29 is 4.74 Å². The minimum atomic E-state index is 0.773. The highest BCUT2D eigenvalue weighted by atomic mass is 16.5. The maximum absolute atomic E-state index is 5.18. The van der Waals surface area contributed by atoms with Crippen molar-refractivity contribution in [2.45, 2.75) is 40.0 Å². The first-order valence-corrected chi connectivity index (χ1v) is 4.75. The molecule has 0 aromatic carbocycles. The van der Waals surface area contributed by atoms with Gasteiger partial charge in [0.25, 0.3) is 0 Å². The molecule has 0 aliphatic carbocycles. The number of hydrogen-bond donors (Lipinski definition) is 0. The summed E-state index contributed by atoms with van der Waals surface area (Å²) in [5, 5.41) is 0. The van der Waals surface area contributed by atoms with Crippen LogP contribution in [0.3, 0.4) is 0 Å². The third-order valence-electron chi connectivity index (χ3n) is 2.49. The molecule has 0 aromatic rings. The molecule has 2 unspecified atom stereocenters. The van der Waals surface area contributed by atoms with Gasteiger partial charge in [-0.15, -0.1) is 0 Å². The van der Waals surface area contributed by atoms with E-state index in [-0.39, 0.29) is 0 Å². The molecule has 0 rings (SSSR count). The largest absolute Gasteiger partial charge is 0.384 e. The lowest BCUT2D eigenvalue weighted by atomic mass is 9.89. The van der Waals surface area contributed by atoms with Gasteiger partial charge >= 0.3 is 0 Å². The van der Waals surface area contributed by atoms with Crippen LogP contribution in [-0.2, 0) is 4.74 Å². The van der Waals surface area contributed by atoms with Crippen LogP contribution in [0.15, 0.2) is 0 Å². The highest BCUT2D eigenvalue weighted by molar-refractivity contribution is 4.63. The number of hydrogen-bond acceptors (Lipinski definition) is 1. The maximum atomic E-state index is 5.18. The standard InChI is InChI=1S/C10H22O/c1-5-7-10(8-11-4)9(3)6-2/h9-10H,5-8H2,1-4H3. The average molecular weight is 158 g/mol. The summed E-state index contributed by atoms with van der Waals surface area (Å²) in [5.41, 5.74) is 0. The molecule has 0 aromatic heterocycles. The second-order valence-corrected chi connectivity index (χ2v) is 3.39. The molecule has 68 valence electrons. The van der Waals surface area contributed by atoms with Crippen LogP contribution in [0.2, 0.25) is 0 Å². The summed E-state index contributed by atoms with van der Waals surface area (Å²) < 4.78 is 5.18. The van der Waals surface area contributed by atoms with E-state index in [9.17, 15) is 0 Å². The van der Waals surface area contributed by atoms with Crippen LogP contribution in [0.25, 0.3) is 0 Å². The normalized spacial score (nSPS) is 16.4. The molecule has 2 atom stereocenters. The monoisotopic (exact) mass is 158 g/mol. The van der Waals surface area contributed by atoms with E-state index in [0.29, 0.717) is 0 Å².